The number of benzene rings is 2. The molecule has 0 aliphatic heterocycles. The molecule has 0 aliphatic carbocycles. The largest absolute Gasteiger partial charge is 0.216 e. The molecule has 0 aromatic heterocycles. The van der Waals surface area contributed by atoms with Gasteiger partial charge in [0.25, 0.3) is 0 Å². The van der Waals surface area contributed by atoms with Crippen LogP contribution >= 0.6 is 23.2 Å². The second-order valence-electron chi connectivity index (χ2n) is 4.33. The summed E-state index contributed by atoms with van der Waals surface area (Å²) in [7, 11) is -3.38. The van der Waals surface area contributed by atoms with E-state index in [4.69, 9.17) is 23.2 Å². The third-order valence-electron chi connectivity index (χ3n) is 2.68. The van der Waals surface area contributed by atoms with Crippen LogP contribution in [0, 0.1) is 0 Å². The highest BCUT2D eigenvalue weighted by molar-refractivity contribution is 7.88. The molecule has 2 rings (SSSR count). The first-order valence-electron chi connectivity index (χ1n) is 5.91. The number of halogens is 2. The monoisotopic (exact) mass is 329 g/mol. The van der Waals surface area contributed by atoms with E-state index in [0.29, 0.717) is 15.6 Å². The van der Waals surface area contributed by atoms with Gasteiger partial charge in [-0.15, -0.1) is 0 Å². The highest BCUT2D eigenvalue weighted by Gasteiger charge is 2.11. The topological polar surface area (TPSA) is 46.2 Å². The molecule has 0 radical (unpaired) electrons. The maximum absolute atomic E-state index is 12.0. The third-order valence-corrected chi connectivity index (χ3v) is 4.48. The molecule has 0 amide bonds. The van der Waals surface area contributed by atoms with Crippen LogP contribution in [-0.4, -0.2) is 8.42 Å². The first-order valence-corrected chi connectivity index (χ1v) is 8.32. The van der Waals surface area contributed by atoms with Crippen molar-refractivity contribution >= 4 is 33.2 Å². The molecule has 2 aromatic carbocycles. The first-order chi connectivity index (χ1) is 9.44. The molecular formula is C14H13Cl2NO2S. The Morgan fingerprint density at radius 3 is 1.75 bits per heavy atom. The molecule has 3 nitrogen and oxygen atoms in total. The highest BCUT2D eigenvalue weighted by Crippen LogP contribution is 2.13. The molecule has 0 spiro atoms. The van der Waals surface area contributed by atoms with Gasteiger partial charge in [-0.2, -0.15) is 0 Å². The van der Waals surface area contributed by atoms with Crippen LogP contribution in [-0.2, 0) is 22.3 Å². The van der Waals surface area contributed by atoms with Crippen molar-refractivity contribution in [2.45, 2.75) is 12.3 Å². The smallest absolute Gasteiger partial charge is 0.212 e. The fourth-order valence-electron chi connectivity index (χ4n) is 1.65. The predicted octanol–water partition coefficient (Wildman–Crippen LogP) is 3.61. The van der Waals surface area contributed by atoms with Crippen molar-refractivity contribution in [3.8, 4) is 0 Å². The lowest BCUT2D eigenvalue weighted by atomic mass is 10.2. The number of sulfonamides is 1. The van der Waals surface area contributed by atoms with E-state index in [2.05, 4.69) is 4.72 Å². The average Bonchev–Trinajstić information content (AvgIpc) is 2.41. The van der Waals surface area contributed by atoms with Gasteiger partial charge in [0.05, 0.1) is 5.75 Å². The lowest BCUT2D eigenvalue weighted by molar-refractivity contribution is 0.580. The number of hydrogen-bond donors (Lipinski definition) is 1. The van der Waals surface area contributed by atoms with Gasteiger partial charge in [-0.05, 0) is 35.4 Å². The Hall–Kier alpha value is -1.07. The first kappa shape index (κ1) is 15.3. The van der Waals surface area contributed by atoms with E-state index in [1.54, 1.807) is 48.5 Å². The van der Waals surface area contributed by atoms with Crippen LogP contribution in [0.1, 0.15) is 11.1 Å². The fraction of sp³-hybridized carbons (Fsp3) is 0.143. The highest BCUT2D eigenvalue weighted by atomic mass is 35.5. The maximum atomic E-state index is 12.0. The Morgan fingerprint density at radius 2 is 1.25 bits per heavy atom. The van der Waals surface area contributed by atoms with Crippen molar-refractivity contribution in [2.75, 3.05) is 0 Å². The normalized spacial score (nSPS) is 11.5. The molecule has 0 atom stereocenters. The van der Waals surface area contributed by atoms with Crippen molar-refractivity contribution in [2.24, 2.45) is 0 Å². The zero-order chi connectivity index (χ0) is 14.6. The standard InChI is InChI=1S/C14H13Cl2NO2S/c15-13-5-1-11(2-6-13)9-17-20(18,19)10-12-3-7-14(16)8-4-12/h1-8,17H,9-10H2. The van der Waals surface area contributed by atoms with E-state index in [9.17, 15) is 8.42 Å². The molecule has 0 heterocycles. The Labute approximate surface area is 128 Å². The van der Waals surface area contributed by atoms with E-state index in [-0.39, 0.29) is 12.3 Å². The molecule has 2 aromatic rings. The minimum Gasteiger partial charge on any atom is -0.212 e. The van der Waals surface area contributed by atoms with Crippen LogP contribution in [0.3, 0.4) is 0 Å². The molecule has 20 heavy (non-hydrogen) atoms. The molecule has 0 saturated heterocycles. The minimum absolute atomic E-state index is 0.0717. The predicted molar refractivity (Wildman–Crippen MR) is 82.4 cm³/mol. The second kappa shape index (κ2) is 6.59. The van der Waals surface area contributed by atoms with Crippen molar-refractivity contribution in [3.05, 3.63) is 69.7 Å². The van der Waals surface area contributed by atoms with Gasteiger partial charge in [-0.25, -0.2) is 13.1 Å². The Kier molecular flexibility index (Phi) is 5.05. The number of nitrogens with one attached hydrogen (secondary N) is 1. The lowest BCUT2D eigenvalue weighted by Crippen LogP contribution is -2.24. The van der Waals surface area contributed by atoms with E-state index in [1.165, 1.54) is 0 Å². The van der Waals surface area contributed by atoms with Crippen LogP contribution in [0.15, 0.2) is 48.5 Å². The summed E-state index contributed by atoms with van der Waals surface area (Å²) in [5.74, 6) is -0.0717. The number of rotatable bonds is 5. The molecule has 0 unspecified atom stereocenters. The van der Waals surface area contributed by atoms with E-state index in [0.717, 1.165) is 5.56 Å². The van der Waals surface area contributed by atoms with Gasteiger partial charge in [-0.1, -0.05) is 47.5 Å². The van der Waals surface area contributed by atoms with E-state index >= 15 is 0 Å². The number of hydrogen-bond acceptors (Lipinski definition) is 2. The van der Waals surface area contributed by atoms with Gasteiger partial charge in [0, 0.05) is 16.6 Å². The summed E-state index contributed by atoms with van der Waals surface area (Å²) in [5.41, 5.74) is 1.55. The van der Waals surface area contributed by atoms with Crippen LogP contribution < -0.4 is 4.72 Å². The lowest BCUT2D eigenvalue weighted by Gasteiger charge is -2.07. The summed E-state index contributed by atoms with van der Waals surface area (Å²) in [4.78, 5) is 0. The van der Waals surface area contributed by atoms with Crippen LogP contribution in [0.5, 0.6) is 0 Å². The van der Waals surface area contributed by atoms with Gasteiger partial charge < -0.3 is 0 Å². The molecule has 0 saturated carbocycles. The van der Waals surface area contributed by atoms with Crippen molar-refractivity contribution in [1.82, 2.24) is 4.72 Å². The van der Waals surface area contributed by atoms with Crippen molar-refractivity contribution < 1.29 is 8.42 Å². The van der Waals surface area contributed by atoms with Crippen LogP contribution in [0.4, 0.5) is 0 Å². The molecule has 0 aliphatic rings. The van der Waals surface area contributed by atoms with Crippen LogP contribution in [0.2, 0.25) is 10.0 Å². The summed E-state index contributed by atoms with van der Waals surface area (Å²) >= 11 is 11.5. The molecule has 0 bridgehead atoms. The van der Waals surface area contributed by atoms with Crippen molar-refractivity contribution in [1.29, 1.82) is 0 Å². The summed E-state index contributed by atoms with van der Waals surface area (Å²) in [6.45, 7) is 0.243. The van der Waals surface area contributed by atoms with Gasteiger partial charge in [0.15, 0.2) is 0 Å². The zero-order valence-electron chi connectivity index (χ0n) is 10.5. The Bertz CT molecular complexity index is 667. The minimum atomic E-state index is -3.38. The molecule has 6 heteroatoms. The van der Waals surface area contributed by atoms with Crippen molar-refractivity contribution in [3.63, 3.8) is 0 Å². The third kappa shape index (κ3) is 4.80. The molecule has 1 N–H and O–H groups in total. The average molecular weight is 330 g/mol. The van der Waals surface area contributed by atoms with Gasteiger partial charge >= 0.3 is 0 Å². The van der Waals surface area contributed by atoms with E-state index in [1.807, 2.05) is 0 Å². The second-order valence-corrected chi connectivity index (χ2v) is 7.01. The zero-order valence-corrected chi connectivity index (χ0v) is 12.8. The maximum Gasteiger partial charge on any atom is 0.216 e. The summed E-state index contributed by atoms with van der Waals surface area (Å²) in [6, 6.07) is 13.8. The van der Waals surface area contributed by atoms with Gasteiger partial charge in [-0.3, -0.25) is 0 Å². The van der Waals surface area contributed by atoms with Gasteiger partial charge in [0.2, 0.25) is 10.0 Å². The van der Waals surface area contributed by atoms with E-state index < -0.39 is 10.0 Å². The summed E-state index contributed by atoms with van der Waals surface area (Å²) in [5, 5.41) is 1.21. The van der Waals surface area contributed by atoms with Crippen LogP contribution in [0.25, 0.3) is 0 Å². The summed E-state index contributed by atoms with van der Waals surface area (Å²) < 4.78 is 26.5. The Morgan fingerprint density at radius 1 is 0.800 bits per heavy atom. The quantitative estimate of drug-likeness (QED) is 0.910. The summed E-state index contributed by atoms with van der Waals surface area (Å²) in [6.07, 6.45) is 0. The van der Waals surface area contributed by atoms with Gasteiger partial charge in [0.1, 0.15) is 0 Å². The molecular weight excluding hydrogens is 317 g/mol. The fourth-order valence-corrected chi connectivity index (χ4v) is 3.02. The SMILES string of the molecule is O=S(=O)(Cc1ccc(Cl)cc1)NCc1ccc(Cl)cc1. The molecule has 0 fully saturated rings. The molecule has 106 valence electrons. The Balaban J connectivity index is 1.97.